The van der Waals surface area contributed by atoms with Crippen molar-refractivity contribution in [3.05, 3.63) is 69.6 Å². The normalized spacial score (nSPS) is 12.8. The number of benzene rings is 2. The summed E-state index contributed by atoms with van der Waals surface area (Å²) in [6.07, 6.45) is -0.728. The van der Waals surface area contributed by atoms with E-state index in [4.69, 9.17) is 18.9 Å². The van der Waals surface area contributed by atoms with Crippen LogP contribution in [0.15, 0.2) is 79.4 Å². The van der Waals surface area contributed by atoms with Gasteiger partial charge in [-0.1, -0.05) is 36.1 Å². The molecule has 2 aromatic carbocycles. The highest BCUT2D eigenvalue weighted by Crippen LogP contribution is 2.37. The first-order valence-corrected chi connectivity index (χ1v) is 12.2. The summed E-state index contributed by atoms with van der Waals surface area (Å²) in [5.41, 5.74) is 1.91. The van der Waals surface area contributed by atoms with Crippen molar-refractivity contribution in [2.45, 2.75) is 50.1 Å². The minimum absolute atomic E-state index is 0.364. The van der Waals surface area contributed by atoms with E-state index in [2.05, 4.69) is 45.0 Å². The summed E-state index contributed by atoms with van der Waals surface area (Å²) in [6, 6.07) is 11.9. The van der Waals surface area contributed by atoms with Crippen LogP contribution in [0.3, 0.4) is 0 Å². The molecule has 0 heterocycles. The second kappa shape index (κ2) is 12.7. The molecule has 0 spiro atoms. The van der Waals surface area contributed by atoms with Crippen LogP contribution in [0, 0.1) is 0 Å². The van der Waals surface area contributed by atoms with Crippen LogP contribution in [0.1, 0.15) is 27.7 Å². The maximum atomic E-state index is 5.85. The molecule has 0 fully saturated rings. The molecule has 2 unspecified atom stereocenters. The zero-order chi connectivity index (χ0) is 23.0. The van der Waals surface area contributed by atoms with Gasteiger partial charge in [0.25, 0.3) is 0 Å². The first kappa shape index (κ1) is 26.0. The molecule has 31 heavy (non-hydrogen) atoms. The van der Waals surface area contributed by atoms with Gasteiger partial charge in [-0.3, -0.25) is 0 Å². The van der Waals surface area contributed by atoms with Crippen LogP contribution in [0.4, 0.5) is 0 Å². The number of hydrogen-bond acceptors (Lipinski definition) is 5. The molecule has 0 bridgehead atoms. The van der Waals surface area contributed by atoms with Gasteiger partial charge in [0.1, 0.15) is 11.5 Å². The molecule has 7 heteroatoms. The van der Waals surface area contributed by atoms with Crippen molar-refractivity contribution in [1.82, 2.24) is 0 Å². The molecule has 0 amide bonds. The van der Waals surface area contributed by atoms with Crippen LogP contribution in [-0.2, 0) is 9.47 Å². The van der Waals surface area contributed by atoms with E-state index in [9.17, 15) is 0 Å². The van der Waals surface area contributed by atoms with E-state index < -0.39 is 0 Å². The Morgan fingerprint density at radius 1 is 0.806 bits per heavy atom. The van der Waals surface area contributed by atoms with Crippen molar-refractivity contribution < 1.29 is 18.9 Å². The van der Waals surface area contributed by atoms with Gasteiger partial charge >= 0.3 is 0 Å². The zero-order valence-corrected chi connectivity index (χ0v) is 22.2. The lowest BCUT2D eigenvalue weighted by molar-refractivity contribution is -0.0579. The molecule has 4 nitrogen and oxygen atoms in total. The van der Waals surface area contributed by atoms with E-state index in [1.54, 1.807) is 11.8 Å². The average molecular weight is 572 g/mol. The molecular weight excluding hydrogens is 544 g/mol. The van der Waals surface area contributed by atoms with Crippen molar-refractivity contribution in [3.63, 3.8) is 0 Å². The molecular formula is C24H28Br2O4S. The van der Waals surface area contributed by atoms with Crippen molar-refractivity contribution in [1.29, 1.82) is 0 Å². The lowest BCUT2D eigenvalue weighted by Gasteiger charge is -2.17. The van der Waals surface area contributed by atoms with Gasteiger partial charge in [-0.05, 0) is 96.0 Å². The summed E-state index contributed by atoms with van der Waals surface area (Å²) in [7, 11) is 0. The highest BCUT2D eigenvalue weighted by Gasteiger charge is 2.11. The molecule has 0 aromatic heterocycles. The maximum absolute atomic E-state index is 5.85. The Labute approximate surface area is 206 Å². The van der Waals surface area contributed by atoms with Crippen LogP contribution in [0.25, 0.3) is 0 Å². The third kappa shape index (κ3) is 9.41. The van der Waals surface area contributed by atoms with Gasteiger partial charge in [0, 0.05) is 9.79 Å². The lowest BCUT2D eigenvalue weighted by atomic mass is 10.3. The van der Waals surface area contributed by atoms with Gasteiger partial charge < -0.3 is 18.9 Å². The summed E-state index contributed by atoms with van der Waals surface area (Å²) in [5.74, 6) is 1.46. The van der Waals surface area contributed by atoms with Crippen molar-refractivity contribution in [3.8, 4) is 11.5 Å². The van der Waals surface area contributed by atoms with E-state index in [-0.39, 0.29) is 12.6 Å². The highest BCUT2D eigenvalue weighted by molar-refractivity contribution is 9.11. The van der Waals surface area contributed by atoms with Gasteiger partial charge in [0.2, 0.25) is 0 Å². The van der Waals surface area contributed by atoms with Crippen LogP contribution < -0.4 is 9.47 Å². The molecule has 2 rings (SSSR count). The van der Waals surface area contributed by atoms with E-state index in [1.165, 1.54) is 0 Å². The van der Waals surface area contributed by atoms with Crippen molar-refractivity contribution in [2.75, 3.05) is 13.2 Å². The Morgan fingerprint density at radius 2 is 1.19 bits per heavy atom. The minimum Gasteiger partial charge on any atom is -0.464 e. The Hall–Kier alpha value is -1.25. The topological polar surface area (TPSA) is 36.9 Å². The summed E-state index contributed by atoms with van der Waals surface area (Å²) in [6.45, 7) is 16.2. The number of rotatable bonds is 12. The molecule has 2 aromatic rings. The Balaban J connectivity index is 1.98. The fraction of sp³-hybridized carbons (Fsp3) is 0.333. The minimum atomic E-state index is -0.364. The van der Waals surface area contributed by atoms with E-state index in [0.717, 1.165) is 41.4 Å². The second-order valence-electron chi connectivity index (χ2n) is 7.19. The van der Waals surface area contributed by atoms with Crippen LogP contribution in [0.5, 0.6) is 11.5 Å². The quantitative estimate of drug-likeness (QED) is 0.190. The molecule has 0 aliphatic heterocycles. The molecule has 0 aliphatic rings. The van der Waals surface area contributed by atoms with Gasteiger partial charge in [-0.15, -0.1) is 0 Å². The smallest absolute Gasteiger partial charge is 0.197 e. The predicted molar refractivity (Wildman–Crippen MR) is 134 cm³/mol. The largest absolute Gasteiger partial charge is 0.464 e. The molecule has 0 aliphatic carbocycles. The monoisotopic (exact) mass is 570 g/mol. The fourth-order valence-electron chi connectivity index (χ4n) is 2.36. The number of ether oxygens (including phenoxy) is 4. The molecule has 0 saturated carbocycles. The van der Waals surface area contributed by atoms with Gasteiger partial charge in [-0.25, -0.2) is 0 Å². The number of hydrogen-bond donors (Lipinski definition) is 0. The Bertz CT molecular complexity index is 843. The third-order valence-electron chi connectivity index (χ3n) is 3.76. The Morgan fingerprint density at radius 3 is 1.52 bits per heavy atom. The molecule has 168 valence electrons. The van der Waals surface area contributed by atoms with Crippen molar-refractivity contribution >= 4 is 43.6 Å². The van der Waals surface area contributed by atoms with Gasteiger partial charge in [-0.2, -0.15) is 0 Å². The van der Waals surface area contributed by atoms with Crippen LogP contribution in [0.2, 0.25) is 0 Å². The van der Waals surface area contributed by atoms with E-state index >= 15 is 0 Å². The van der Waals surface area contributed by atoms with E-state index in [1.807, 2.05) is 64.1 Å². The molecule has 2 atom stereocenters. The summed E-state index contributed by atoms with van der Waals surface area (Å²) in [4.78, 5) is 2.15. The van der Waals surface area contributed by atoms with E-state index in [0.29, 0.717) is 13.2 Å². The third-order valence-corrected chi connectivity index (χ3v) is 5.98. The highest BCUT2D eigenvalue weighted by atomic mass is 79.9. The van der Waals surface area contributed by atoms with Gasteiger partial charge in [0.15, 0.2) is 12.6 Å². The fourth-order valence-corrected chi connectivity index (χ4v) is 4.51. The van der Waals surface area contributed by atoms with Crippen LogP contribution >= 0.6 is 43.6 Å². The summed E-state index contributed by atoms with van der Waals surface area (Å²) in [5, 5.41) is 0. The molecule has 0 saturated heterocycles. The molecule has 0 N–H and O–H groups in total. The zero-order valence-electron chi connectivity index (χ0n) is 18.2. The van der Waals surface area contributed by atoms with Gasteiger partial charge in [0.05, 0.1) is 22.2 Å². The predicted octanol–water partition coefficient (Wildman–Crippen LogP) is 8.00. The lowest BCUT2D eigenvalue weighted by Crippen LogP contribution is -2.17. The van der Waals surface area contributed by atoms with Crippen molar-refractivity contribution in [2.24, 2.45) is 0 Å². The first-order chi connectivity index (χ1) is 14.6. The molecule has 0 radical (unpaired) electrons. The second-order valence-corrected chi connectivity index (χ2v) is 10.0. The standard InChI is InChI=1S/C24H28Br2O4S/c1-15(2)13-27-17(5)29-23-9-7-19(11-21(23)25)31-20-8-10-24(22(26)12-20)30-18(6)28-14-16(3)4/h7-12,17-18H,1,3,13-14H2,2,4-6H3. The maximum Gasteiger partial charge on any atom is 0.197 e. The average Bonchev–Trinajstić information content (AvgIpc) is 2.69. The Kier molecular flexibility index (Phi) is 10.7. The SMILES string of the molecule is C=C(C)COC(C)Oc1ccc(Sc2ccc(OC(C)OCC(=C)C)c(Br)c2)cc1Br. The number of halogens is 2. The first-order valence-electron chi connectivity index (χ1n) is 9.76. The van der Waals surface area contributed by atoms with Crippen LogP contribution in [-0.4, -0.2) is 25.8 Å². The summed E-state index contributed by atoms with van der Waals surface area (Å²) >= 11 is 8.82. The summed E-state index contributed by atoms with van der Waals surface area (Å²) < 4.78 is 24.6.